The van der Waals surface area contributed by atoms with Crippen molar-refractivity contribution >= 4 is 10.0 Å². The third-order valence-electron chi connectivity index (χ3n) is 4.95. The highest BCUT2D eigenvalue weighted by Crippen LogP contribution is 2.30. The van der Waals surface area contributed by atoms with Crippen LogP contribution in [0.1, 0.15) is 42.9 Å². The predicted octanol–water partition coefficient (Wildman–Crippen LogP) is 4.86. The van der Waals surface area contributed by atoms with Crippen LogP contribution in [0.5, 0.6) is 0 Å². The maximum absolute atomic E-state index is 13.3. The van der Waals surface area contributed by atoms with Gasteiger partial charge in [0, 0.05) is 12.6 Å². The van der Waals surface area contributed by atoms with E-state index in [2.05, 4.69) is 25.1 Å². The van der Waals surface area contributed by atoms with Crippen LogP contribution in [0, 0.1) is 6.92 Å². The molecule has 1 aliphatic heterocycles. The van der Waals surface area contributed by atoms with E-state index in [0.717, 1.165) is 36.8 Å². The van der Waals surface area contributed by atoms with Crippen LogP contribution >= 0.6 is 0 Å². The molecule has 1 atom stereocenters. The molecule has 0 bridgehead atoms. The maximum atomic E-state index is 13.3. The Morgan fingerprint density at radius 2 is 1.77 bits per heavy atom. The molecule has 1 heterocycles. The quantitative estimate of drug-likeness (QED) is 0.539. The summed E-state index contributed by atoms with van der Waals surface area (Å²) in [5.74, 6) is 0. The molecule has 0 spiro atoms. The van der Waals surface area contributed by atoms with E-state index < -0.39 is 10.0 Å². The molecular weight excluding hydrogens is 342 g/mol. The minimum atomic E-state index is -3.53. The standard InChI is InChI=1S/C22H27NO2S/c1-3-4-5-6-11-21-16-19-9-7-8-10-20(19)17-23(21)26(24,25)22-14-12-18(2)13-15-22/h6-15,21H,3-5,16-17H2,1-2H3. The number of rotatable bonds is 6. The molecule has 0 amide bonds. The molecule has 0 saturated carbocycles. The number of sulfonamides is 1. The average Bonchev–Trinajstić information content (AvgIpc) is 2.65. The van der Waals surface area contributed by atoms with Crippen LogP contribution in [-0.2, 0) is 23.0 Å². The van der Waals surface area contributed by atoms with Crippen LogP contribution in [0.25, 0.3) is 0 Å². The third-order valence-corrected chi connectivity index (χ3v) is 6.84. The Bertz CT molecular complexity index is 869. The Kier molecular flexibility index (Phi) is 5.94. The monoisotopic (exact) mass is 369 g/mol. The number of aryl methyl sites for hydroxylation is 1. The van der Waals surface area contributed by atoms with E-state index in [9.17, 15) is 8.42 Å². The largest absolute Gasteiger partial charge is 0.243 e. The first-order valence-electron chi connectivity index (χ1n) is 9.34. The van der Waals surface area contributed by atoms with E-state index in [1.165, 1.54) is 5.56 Å². The fourth-order valence-electron chi connectivity index (χ4n) is 3.37. The van der Waals surface area contributed by atoms with Crippen molar-refractivity contribution in [2.45, 2.75) is 57.0 Å². The molecule has 0 N–H and O–H groups in total. The normalized spacial score (nSPS) is 18.2. The van der Waals surface area contributed by atoms with E-state index in [4.69, 9.17) is 0 Å². The van der Waals surface area contributed by atoms with Crippen molar-refractivity contribution < 1.29 is 8.42 Å². The van der Waals surface area contributed by atoms with E-state index in [1.807, 2.05) is 37.3 Å². The van der Waals surface area contributed by atoms with Crippen molar-refractivity contribution in [3.05, 3.63) is 77.4 Å². The lowest BCUT2D eigenvalue weighted by molar-refractivity contribution is 0.334. The van der Waals surface area contributed by atoms with Crippen molar-refractivity contribution in [1.29, 1.82) is 0 Å². The van der Waals surface area contributed by atoms with Crippen molar-refractivity contribution in [2.24, 2.45) is 0 Å². The minimum absolute atomic E-state index is 0.131. The number of hydrogen-bond acceptors (Lipinski definition) is 2. The smallest absolute Gasteiger partial charge is 0.207 e. The molecule has 4 heteroatoms. The number of unbranched alkanes of at least 4 members (excludes halogenated alkanes) is 2. The highest BCUT2D eigenvalue weighted by atomic mass is 32.2. The first kappa shape index (κ1) is 18.9. The first-order chi connectivity index (χ1) is 12.5. The van der Waals surface area contributed by atoms with Gasteiger partial charge in [0.1, 0.15) is 0 Å². The minimum Gasteiger partial charge on any atom is -0.207 e. The Hall–Kier alpha value is -1.91. The second kappa shape index (κ2) is 8.19. The lowest BCUT2D eigenvalue weighted by atomic mass is 9.95. The molecule has 3 rings (SSSR count). The van der Waals surface area contributed by atoms with Crippen LogP contribution in [-0.4, -0.2) is 18.8 Å². The second-order valence-corrected chi connectivity index (χ2v) is 8.86. The Balaban J connectivity index is 1.95. The van der Waals surface area contributed by atoms with E-state index >= 15 is 0 Å². The van der Waals surface area contributed by atoms with Gasteiger partial charge in [0.25, 0.3) is 0 Å². The Labute approximate surface area is 157 Å². The van der Waals surface area contributed by atoms with E-state index in [-0.39, 0.29) is 6.04 Å². The fourth-order valence-corrected chi connectivity index (χ4v) is 4.93. The molecule has 138 valence electrons. The number of fused-ring (bicyclic) bond motifs is 1. The van der Waals surface area contributed by atoms with Gasteiger partial charge in [0.05, 0.1) is 4.90 Å². The van der Waals surface area contributed by atoms with Gasteiger partial charge < -0.3 is 0 Å². The summed E-state index contributed by atoms with van der Waals surface area (Å²) in [4.78, 5) is 0.370. The van der Waals surface area contributed by atoms with Crippen LogP contribution in [0.3, 0.4) is 0 Å². The molecule has 26 heavy (non-hydrogen) atoms. The van der Waals surface area contributed by atoms with Crippen molar-refractivity contribution in [2.75, 3.05) is 0 Å². The molecule has 1 aliphatic rings. The first-order valence-corrected chi connectivity index (χ1v) is 10.8. The average molecular weight is 370 g/mol. The summed E-state index contributed by atoms with van der Waals surface area (Å²) < 4.78 is 28.3. The van der Waals surface area contributed by atoms with Crippen LogP contribution in [0.15, 0.2) is 65.6 Å². The third kappa shape index (κ3) is 4.08. The van der Waals surface area contributed by atoms with Gasteiger partial charge in [-0.05, 0) is 43.0 Å². The molecule has 2 aromatic carbocycles. The van der Waals surface area contributed by atoms with Gasteiger partial charge in [-0.15, -0.1) is 0 Å². The molecule has 1 unspecified atom stereocenters. The summed E-state index contributed by atoms with van der Waals surface area (Å²) in [6, 6.07) is 15.2. The van der Waals surface area contributed by atoms with Gasteiger partial charge >= 0.3 is 0 Å². The van der Waals surface area contributed by atoms with E-state index in [0.29, 0.717) is 11.4 Å². The number of hydrogen-bond donors (Lipinski definition) is 0. The van der Waals surface area contributed by atoms with Gasteiger partial charge in [-0.3, -0.25) is 0 Å². The lowest BCUT2D eigenvalue weighted by Gasteiger charge is -2.34. The summed E-state index contributed by atoms with van der Waals surface area (Å²) in [6.45, 7) is 4.56. The highest BCUT2D eigenvalue weighted by molar-refractivity contribution is 7.89. The molecule has 0 saturated heterocycles. The van der Waals surface area contributed by atoms with Crippen molar-refractivity contribution in [3.63, 3.8) is 0 Å². The molecule has 0 radical (unpaired) electrons. The number of benzene rings is 2. The molecule has 0 aliphatic carbocycles. The van der Waals surface area contributed by atoms with Crippen LogP contribution < -0.4 is 0 Å². The maximum Gasteiger partial charge on any atom is 0.243 e. The topological polar surface area (TPSA) is 37.4 Å². The summed E-state index contributed by atoms with van der Waals surface area (Å²) >= 11 is 0. The van der Waals surface area contributed by atoms with Gasteiger partial charge in [-0.1, -0.05) is 73.9 Å². The van der Waals surface area contributed by atoms with Gasteiger partial charge in [0.15, 0.2) is 0 Å². The molecule has 0 aromatic heterocycles. The van der Waals surface area contributed by atoms with Gasteiger partial charge in [-0.25, -0.2) is 8.42 Å². The zero-order chi connectivity index (χ0) is 18.6. The molecule has 3 nitrogen and oxygen atoms in total. The molecular formula is C22H27NO2S. The molecule has 0 fully saturated rings. The summed E-state index contributed by atoms with van der Waals surface area (Å²) in [7, 11) is -3.53. The summed E-state index contributed by atoms with van der Waals surface area (Å²) in [6.07, 6.45) is 8.21. The Morgan fingerprint density at radius 1 is 1.08 bits per heavy atom. The zero-order valence-corrected chi connectivity index (χ0v) is 16.4. The SMILES string of the molecule is CCCCC=CC1Cc2ccccc2CN1S(=O)(=O)c1ccc(C)cc1. The lowest BCUT2D eigenvalue weighted by Crippen LogP contribution is -2.43. The Morgan fingerprint density at radius 3 is 2.46 bits per heavy atom. The van der Waals surface area contributed by atoms with Crippen molar-refractivity contribution in [1.82, 2.24) is 4.31 Å². The molecule has 2 aromatic rings. The highest BCUT2D eigenvalue weighted by Gasteiger charge is 2.34. The van der Waals surface area contributed by atoms with Crippen molar-refractivity contribution in [3.8, 4) is 0 Å². The number of allylic oxidation sites excluding steroid dienone is 1. The van der Waals surface area contributed by atoms with Crippen LogP contribution in [0.4, 0.5) is 0 Å². The zero-order valence-electron chi connectivity index (χ0n) is 15.6. The second-order valence-electron chi connectivity index (χ2n) is 6.97. The predicted molar refractivity (Wildman–Crippen MR) is 107 cm³/mol. The van der Waals surface area contributed by atoms with E-state index in [1.54, 1.807) is 16.4 Å². The van der Waals surface area contributed by atoms with Gasteiger partial charge in [-0.2, -0.15) is 4.31 Å². The fraction of sp³-hybridized carbons (Fsp3) is 0.364. The summed E-state index contributed by atoms with van der Waals surface area (Å²) in [5.41, 5.74) is 3.40. The van der Waals surface area contributed by atoms with Gasteiger partial charge in [0.2, 0.25) is 10.0 Å². The summed E-state index contributed by atoms with van der Waals surface area (Å²) in [5, 5.41) is 0. The number of nitrogens with zero attached hydrogens (tertiary/aromatic N) is 1. The van der Waals surface area contributed by atoms with Crippen LogP contribution in [0.2, 0.25) is 0 Å².